The molecule has 2 N–H and O–H groups in total. The number of rotatable bonds is 3. The summed E-state index contributed by atoms with van der Waals surface area (Å²) in [6.45, 7) is 9.52. The van der Waals surface area contributed by atoms with Gasteiger partial charge in [-0.2, -0.15) is 0 Å². The van der Waals surface area contributed by atoms with Crippen molar-refractivity contribution in [2.75, 3.05) is 45.3 Å². The zero-order chi connectivity index (χ0) is 29.6. The zero-order valence-electron chi connectivity index (χ0n) is 25.2. The molecule has 1 saturated carbocycles. The summed E-state index contributed by atoms with van der Waals surface area (Å²) in [6, 6.07) is 12.7. The van der Waals surface area contributed by atoms with Gasteiger partial charge in [-0.1, -0.05) is 43.2 Å². The number of ether oxygens (including phenoxy) is 1. The Kier molecular flexibility index (Phi) is 11.1. The number of anilines is 1. The Hall–Kier alpha value is -2.19. The van der Waals surface area contributed by atoms with Crippen LogP contribution in [0.25, 0.3) is 0 Å². The van der Waals surface area contributed by atoms with Crippen LogP contribution in [-0.4, -0.2) is 61.9 Å². The minimum Gasteiger partial charge on any atom is -0.491 e. The van der Waals surface area contributed by atoms with E-state index in [1.165, 1.54) is 35.9 Å². The molecule has 1 aliphatic carbocycles. The largest absolute Gasteiger partial charge is 0.491 e. The first kappa shape index (κ1) is 31.7. The maximum atomic E-state index is 13.2. The number of halogens is 1. The van der Waals surface area contributed by atoms with Gasteiger partial charge in [0.05, 0.1) is 17.8 Å². The molecule has 2 aromatic carbocycles. The van der Waals surface area contributed by atoms with Crippen molar-refractivity contribution in [2.45, 2.75) is 69.2 Å². The van der Waals surface area contributed by atoms with E-state index in [2.05, 4.69) is 63.9 Å². The maximum absolute atomic E-state index is 13.2. The van der Waals surface area contributed by atoms with Crippen molar-refractivity contribution in [2.24, 2.45) is 11.8 Å². The summed E-state index contributed by atoms with van der Waals surface area (Å²) >= 11 is 7.80. The Balaban J connectivity index is 0.00000189. The Morgan fingerprint density at radius 3 is 2.61 bits per heavy atom. The molecule has 0 radical (unpaired) electrons. The molecule has 0 spiro atoms. The number of carbonyl (C=O) groups is 1. The normalized spacial score (nSPS) is 25.3. The Labute approximate surface area is 255 Å². The fourth-order valence-corrected chi connectivity index (χ4v) is 6.93. The quantitative estimate of drug-likeness (QED) is 0.302. The molecule has 8 heteroatoms. The van der Waals surface area contributed by atoms with Crippen LogP contribution >= 0.6 is 23.5 Å². The van der Waals surface area contributed by atoms with Crippen molar-refractivity contribution in [3.05, 3.63) is 64.7 Å². The highest BCUT2D eigenvalue weighted by molar-refractivity contribution is 7.98. The fourth-order valence-electron chi connectivity index (χ4n) is 5.96. The third kappa shape index (κ3) is 7.42. The molecule has 1 amide bonds. The number of hydrogen-bond donors (Lipinski definition) is 2. The van der Waals surface area contributed by atoms with Gasteiger partial charge in [-0.3, -0.25) is 14.4 Å². The zero-order valence-corrected chi connectivity index (χ0v) is 26.7. The summed E-state index contributed by atoms with van der Waals surface area (Å²) in [4.78, 5) is 18.8. The van der Waals surface area contributed by atoms with Gasteiger partial charge in [-0.15, -0.1) is 0 Å². The van der Waals surface area contributed by atoms with Crippen LogP contribution in [0.4, 0.5) is 5.69 Å². The Morgan fingerprint density at radius 1 is 1.10 bits per heavy atom. The van der Waals surface area contributed by atoms with E-state index < -0.39 is 5.54 Å². The number of amides is 1. The monoisotopic (exact) mass is 599 g/mol. The van der Waals surface area contributed by atoms with Gasteiger partial charge in [0.1, 0.15) is 5.75 Å². The van der Waals surface area contributed by atoms with Crippen LogP contribution in [0.2, 0.25) is 5.02 Å². The molecule has 3 atom stereocenters. The van der Waals surface area contributed by atoms with Crippen LogP contribution in [0.15, 0.2) is 53.4 Å². The number of nitrogens with zero attached hydrogens (tertiary/aromatic N) is 2. The molecule has 2 aliphatic heterocycles. The molecule has 1 fully saturated rings. The van der Waals surface area contributed by atoms with Crippen LogP contribution < -0.4 is 14.4 Å². The summed E-state index contributed by atoms with van der Waals surface area (Å²) in [5.41, 5.74) is 3.20. The summed E-state index contributed by atoms with van der Waals surface area (Å²) < 4.78 is 9.61. The molecule has 5 rings (SSSR count). The van der Waals surface area contributed by atoms with Gasteiger partial charge in [-0.05, 0) is 112 Å². The van der Waals surface area contributed by atoms with E-state index in [0.29, 0.717) is 18.4 Å². The molecule has 41 heavy (non-hydrogen) atoms. The van der Waals surface area contributed by atoms with E-state index in [-0.39, 0.29) is 11.8 Å². The van der Waals surface area contributed by atoms with Crippen molar-refractivity contribution in [3.8, 4) is 5.75 Å². The number of hydrogen-bond acceptors (Lipinski definition) is 6. The first-order chi connectivity index (χ1) is 19.8. The predicted octanol–water partition coefficient (Wildman–Crippen LogP) is 6.70. The number of fused-ring (bicyclic) bond motifs is 2. The predicted molar refractivity (Wildman–Crippen MR) is 171 cm³/mol. The molecular weight excluding hydrogens is 554 g/mol. The molecule has 0 aromatic heterocycles. The topological polar surface area (TPSA) is 65.0 Å². The third-order valence-corrected chi connectivity index (χ3v) is 10.0. The Bertz CT molecular complexity index is 1220. The number of nitrogens with one attached hydrogen (secondary N) is 1. The number of aryl methyl sites for hydroxylation is 1. The SMILES string of the molecule is CCCc1cc(Cl)ccc1C1COc2ccc3cc2N(C1)CC1CCC1C/C=C/CN(C)C(C)(C)C(=O)NS3.CO. The van der Waals surface area contributed by atoms with Gasteiger partial charge in [0.15, 0.2) is 0 Å². The average Bonchev–Trinajstić information content (AvgIpc) is 3.13. The summed E-state index contributed by atoms with van der Waals surface area (Å²) in [6.07, 6.45) is 10.3. The number of carbonyl (C=O) groups excluding carboxylic acids is 1. The summed E-state index contributed by atoms with van der Waals surface area (Å²) in [5.74, 6) is 2.55. The van der Waals surface area contributed by atoms with Crippen LogP contribution in [-0.2, 0) is 11.2 Å². The molecule has 2 heterocycles. The second kappa shape index (κ2) is 14.3. The molecule has 6 nitrogen and oxygen atoms in total. The smallest absolute Gasteiger partial charge is 0.250 e. The average molecular weight is 600 g/mol. The highest BCUT2D eigenvalue weighted by Gasteiger charge is 2.35. The lowest BCUT2D eigenvalue weighted by molar-refractivity contribution is -0.128. The standard InChI is InChI=1S/C32H42ClN3O2S.CH4O/c1-5-8-23-17-26(33)12-14-28(23)25-20-36-19-24-11-10-22(24)9-6-7-16-35(4)32(2,3)31(37)34-39-27-13-15-30(38-21-25)29(36)18-27;1-2/h6-7,12-15,17-18,22,24-25H,5,8-11,16,19-21H2,1-4H3,(H,34,37);2H,1H3/b7-6+;. The first-order valence-electron chi connectivity index (χ1n) is 14.8. The number of aliphatic hydroxyl groups is 1. The van der Waals surface area contributed by atoms with Crippen LogP contribution in [0.1, 0.15) is 63.5 Å². The van der Waals surface area contributed by atoms with Crippen LogP contribution in [0, 0.1) is 11.8 Å². The molecule has 3 aliphatic rings. The second-order valence-electron chi connectivity index (χ2n) is 11.9. The van der Waals surface area contributed by atoms with E-state index in [9.17, 15) is 4.79 Å². The minimum atomic E-state index is -0.615. The van der Waals surface area contributed by atoms with Crippen LogP contribution in [0.3, 0.4) is 0 Å². The molecule has 2 bridgehead atoms. The van der Waals surface area contributed by atoms with Gasteiger partial charge >= 0.3 is 0 Å². The maximum Gasteiger partial charge on any atom is 0.250 e. The van der Waals surface area contributed by atoms with Crippen molar-refractivity contribution in [3.63, 3.8) is 0 Å². The number of benzene rings is 2. The molecule has 3 unspecified atom stereocenters. The number of likely N-dealkylation sites (N-methyl/N-ethyl adjacent to an activating group) is 1. The number of aliphatic hydroxyl groups excluding tert-OH is 1. The van der Waals surface area contributed by atoms with E-state index in [1.807, 2.05) is 27.0 Å². The van der Waals surface area contributed by atoms with Gasteiger partial charge < -0.3 is 14.7 Å². The summed E-state index contributed by atoms with van der Waals surface area (Å²) in [5, 5.41) is 7.80. The van der Waals surface area contributed by atoms with Crippen molar-refractivity contribution in [1.82, 2.24) is 9.62 Å². The van der Waals surface area contributed by atoms with Gasteiger partial charge in [0.2, 0.25) is 5.91 Å². The molecule has 224 valence electrons. The summed E-state index contributed by atoms with van der Waals surface area (Å²) in [7, 11) is 3.02. The fraction of sp³-hybridized carbons (Fsp3) is 0.545. The van der Waals surface area contributed by atoms with E-state index in [0.717, 1.165) is 67.4 Å². The highest BCUT2D eigenvalue weighted by Crippen LogP contribution is 2.43. The lowest BCUT2D eigenvalue weighted by atomic mass is 9.71. The minimum absolute atomic E-state index is 0.00357. The lowest BCUT2D eigenvalue weighted by Crippen LogP contribution is -2.51. The van der Waals surface area contributed by atoms with Gasteiger partial charge in [-0.25, -0.2) is 0 Å². The lowest BCUT2D eigenvalue weighted by Gasteiger charge is -2.41. The van der Waals surface area contributed by atoms with Crippen molar-refractivity contribution < 1.29 is 14.6 Å². The van der Waals surface area contributed by atoms with Gasteiger partial charge in [0, 0.05) is 42.6 Å². The Morgan fingerprint density at radius 2 is 1.88 bits per heavy atom. The molecular formula is C33H46ClN3O3S. The molecule has 2 aromatic rings. The van der Waals surface area contributed by atoms with Crippen LogP contribution in [0.5, 0.6) is 5.75 Å². The van der Waals surface area contributed by atoms with E-state index in [1.54, 1.807) is 0 Å². The number of allylic oxidation sites excluding steroid dienone is 1. The van der Waals surface area contributed by atoms with E-state index in [4.69, 9.17) is 21.4 Å². The first-order valence-corrected chi connectivity index (χ1v) is 16.0. The third-order valence-electron chi connectivity index (χ3n) is 9.00. The molecule has 0 saturated heterocycles. The van der Waals surface area contributed by atoms with E-state index >= 15 is 0 Å². The van der Waals surface area contributed by atoms with Crippen molar-refractivity contribution >= 4 is 35.1 Å². The van der Waals surface area contributed by atoms with Gasteiger partial charge in [0.25, 0.3) is 0 Å². The second-order valence-corrected chi connectivity index (χ2v) is 13.2. The van der Waals surface area contributed by atoms with Crippen molar-refractivity contribution in [1.29, 1.82) is 0 Å². The highest BCUT2D eigenvalue weighted by atomic mass is 35.5.